The zero-order chi connectivity index (χ0) is 31.8. The highest BCUT2D eigenvalue weighted by Crippen LogP contribution is 2.38. The number of methoxy groups -OCH3 is 6. The molecule has 0 spiro atoms. The van der Waals surface area contributed by atoms with Crippen molar-refractivity contribution in [1.82, 2.24) is 0 Å². The Morgan fingerprint density at radius 1 is 0.349 bits per heavy atom. The molecule has 3 aromatic rings. The molecule has 0 saturated heterocycles. The Balaban J connectivity index is 2.53. The first-order valence-electron chi connectivity index (χ1n) is 12.3. The van der Waals surface area contributed by atoms with Gasteiger partial charge in [-0.2, -0.15) is 0 Å². The third-order valence-corrected chi connectivity index (χ3v) is 6.05. The first-order chi connectivity index (χ1) is 20.5. The van der Waals surface area contributed by atoms with Gasteiger partial charge in [-0.25, -0.2) is 28.8 Å². The first-order valence-corrected chi connectivity index (χ1v) is 12.3. The van der Waals surface area contributed by atoms with E-state index in [0.29, 0.717) is 0 Å². The lowest BCUT2D eigenvalue weighted by atomic mass is 10.0. The average molecular weight is 594 g/mol. The number of esters is 6. The van der Waals surface area contributed by atoms with Crippen molar-refractivity contribution >= 4 is 52.9 Å². The van der Waals surface area contributed by atoms with Crippen LogP contribution in [0.3, 0.4) is 0 Å². The summed E-state index contributed by atoms with van der Waals surface area (Å²) in [6.07, 6.45) is 0. The van der Waals surface area contributed by atoms with E-state index >= 15 is 0 Å². The van der Waals surface area contributed by atoms with Gasteiger partial charge in [0.1, 0.15) is 0 Å². The minimum Gasteiger partial charge on any atom is -0.465 e. The molecule has 13 heteroatoms. The maximum atomic E-state index is 12.6. The van der Waals surface area contributed by atoms with Gasteiger partial charge in [-0.05, 0) is 54.6 Å². The highest BCUT2D eigenvalue weighted by atomic mass is 16.5. The molecule has 0 heterocycles. The molecule has 0 fully saturated rings. The van der Waals surface area contributed by atoms with Crippen LogP contribution in [0, 0.1) is 0 Å². The van der Waals surface area contributed by atoms with Gasteiger partial charge in [0.25, 0.3) is 0 Å². The van der Waals surface area contributed by atoms with Crippen LogP contribution in [0.4, 0.5) is 17.1 Å². The van der Waals surface area contributed by atoms with E-state index in [2.05, 4.69) is 0 Å². The molecular weight excluding hydrogens is 566 g/mol. The number of nitrogens with zero attached hydrogens (tertiary/aromatic N) is 1. The third-order valence-electron chi connectivity index (χ3n) is 6.05. The highest BCUT2D eigenvalue weighted by molar-refractivity contribution is 6.02. The van der Waals surface area contributed by atoms with E-state index in [0.717, 1.165) is 42.7 Å². The summed E-state index contributed by atoms with van der Waals surface area (Å²) in [5.41, 5.74) is -0.128. The monoisotopic (exact) mass is 593 g/mol. The topological polar surface area (TPSA) is 161 Å². The summed E-state index contributed by atoms with van der Waals surface area (Å²) in [4.78, 5) is 77.1. The lowest BCUT2D eigenvalue weighted by Crippen LogP contribution is -2.17. The molecule has 0 atom stereocenters. The maximum Gasteiger partial charge on any atom is 0.337 e. The minimum atomic E-state index is -0.802. The van der Waals surface area contributed by atoms with Crippen LogP contribution in [0.1, 0.15) is 62.1 Å². The Kier molecular flexibility index (Phi) is 10.2. The smallest absolute Gasteiger partial charge is 0.337 e. The van der Waals surface area contributed by atoms with Crippen LogP contribution in [-0.4, -0.2) is 78.5 Å². The van der Waals surface area contributed by atoms with Crippen LogP contribution in [0.2, 0.25) is 0 Å². The van der Waals surface area contributed by atoms with Crippen molar-refractivity contribution in [3.8, 4) is 0 Å². The largest absolute Gasteiger partial charge is 0.465 e. The van der Waals surface area contributed by atoms with E-state index < -0.39 is 35.8 Å². The molecule has 43 heavy (non-hydrogen) atoms. The summed E-state index contributed by atoms with van der Waals surface area (Å²) in [5, 5.41) is 0. The van der Waals surface area contributed by atoms with Gasteiger partial charge in [0.05, 0.1) is 76.0 Å². The van der Waals surface area contributed by atoms with Gasteiger partial charge in [-0.15, -0.1) is 0 Å². The Labute approximate surface area is 245 Å². The van der Waals surface area contributed by atoms with E-state index in [9.17, 15) is 28.8 Å². The third kappa shape index (κ3) is 6.96. The Hall–Kier alpha value is -5.72. The van der Waals surface area contributed by atoms with Crippen LogP contribution in [0.15, 0.2) is 54.6 Å². The highest BCUT2D eigenvalue weighted by Gasteiger charge is 2.25. The van der Waals surface area contributed by atoms with Crippen LogP contribution in [0.5, 0.6) is 0 Å². The fourth-order valence-corrected chi connectivity index (χ4v) is 4.08. The summed E-state index contributed by atoms with van der Waals surface area (Å²) >= 11 is 0. The molecule has 0 amide bonds. The van der Waals surface area contributed by atoms with Gasteiger partial charge in [-0.3, -0.25) is 0 Å². The summed E-state index contributed by atoms with van der Waals surface area (Å²) in [6.45, 7) is 0. The van der Waals surface area contributed by atoms with E-state index in [4.69, 9.17) is 28.4 Å². The number of benzene rings is 3. The van der Waals surface area contributed by atoms with Gasteiger partial charge < -0.3 is 33.3 Å². The molecule has 0 radical (unpaired) electrons. The lowest BCUT2D eigenvalue weighted by molar-refractivity contribution is 0.0582. The van der Waals surface area contributed by atoms with E-state index in [1.807, 2.05) is 0 Å². The number of carbonyl (C=O) groups excluding carboxylic acids is 6. The van der Waals surface area contributed by atoms with Crippen LogP contribution >= 0.6 is 0 Å². The second kappa shape index (κ2) is 13.8. The maximum absolute atomic E-state index is 12.6. The van der Waals surface area contributed by atoms with Crippen molar-refractivity contribution in [1.29, 1.82) is 0 Å². The van der Waals surface area contributed by atoms with Crippen LogP contribution < -0.4 is 4.90 Å². The van der Waals surface area contributed by atoms with Gasteiger partial charge in [0, 0.05) is 17.1 Å². The molecule has 3 rings (SSSR count). The minimum absolute atomic E-state index is 0.0694. The summed E-state index contributed by atoms with van der Waals surface area (Å²) in [7, 11) is 6.89. The van der Waals surface area contributed by atoms with Crippen molar-refractivity contribution in [2.24, 2.45) is 0 Å². The van der Waals surface area contributed by atoms with Gasteiger partial charge in [0.2, 0.25) is 0 Å². The average Bonchev–Trinajstić information content (AvgIpc) is 3.05. The van der Waals surface area contributed by atoms with E-state index in [-0.39, 0.29) is 50.4 Å². The zero-order valence-electron chi connectivity index (χ0n) is 24.0. The van der Waals surface area contributed by atoms with Crippen molar-refractivity contribution < 1.29 is 57.2 Å². The standard InChI is InChI=1S/C30H27NO12/c1-38-25(32)16-7-17(26(33)39-2)11-22(10-16)31(23-12-18(27(34)40-3)8-19(13-23)28(35)41-4)24-14-20(29(36)42-5)9-21(15-24)30(37)43-6/h7-15H,1-6H3. The lowest BCUT2D eigenvalue weighted by Gasteiger charge is -2.28. The Morgan fingerprint density at radius 2 is 0.512 bits per heavy atom. The van der Waals surface area contributed by atoms with Gasteiger partial charge >= 0.3 is 35.8 Å². The van der Waals surface area contributed by atoms with E-state index in [1.165, 1.54) is 59.5 Å². The Morgan fingerprint density at radius 3 is 0.651 bits per heavy atom. The van der Waals surface area contributed by atoms with Gasteiger partial charge in [-0.1, -0.05) is 0 Å². The number of carbonyl (C=O) groups is 6. The molecule has 0 bridgehead atoms. The number of hydrogen-bond acceptors (Lipinski definition) is 13. The molecular formula is C30H27NO12. The molecule has 0 aromatic heterocycles. The van der Waals surface area contributed by atoms with E-state index in [1.54, 1.807) is 0 Å². The predicted molar refractivity (Wildman–Crippen MR) is 149 cm³/mol. The number of rotatable bonds is 9. The SMILES string of the molecule is COC(=O)c1cc(C(=O)OC)cc(N(c2cc(C(=O)OC)cc(C(=O)OC)c2)c2cc(C(=O)OC)cc(C(=O)OC)c2)c1. The molecule has 0 N–H and O–H groups in total. The molecule has 3 aromatic carbocycles. The zero-order valence-corrected chi connectivity index (χ0v) is 24.0. The summed E-state index contributed by atoms with van der Waals surface area (Å²) in [5.74, 6) is -4.81. The molecule has 224 valence electrons. The molecule has 13 nitrogen and oxygen atoms in total. The molecule has 0 saturated carbocycles. The van der Waals surface area contributed by atoms with Crippen LogP contribution in [-0.2, 0) is 28.4 Å². The quantitative estimate of drug-likeness (QED) is 0.260. The molecule has 0 aliphatic carbocycles. The molecule has 0 unspecified atom stereocenters. The normalized spacial score (nSPS) is 10.2. The van der Waals surface area contributed by atoms with Gasteiger partial charge in [0.15, 0.2) is 0 Å². The van der Waals surface area contributed by atoms with Crippen LogP contribution in [0.25, 0.3) is 0 Å². The van der Waals surface area contributed by atoms with Crippen molar-refractivity contribution in [3.05, 3.63) is 88.0 Å². The fourth-order valence-electron chi connectivity index (χ4n) is 4.08. The summed E-state index contributed by atoms with van der Waals surface area (Å²) in [6, 6.07) is 11.8. The van der Waals surface area contributed by atoms with Crippen molar-refractivity contribution in [3.63, 3.8) is 0 Å². The second-order valence-electron chi connectivity index (χ2n) is 8.59. The number of ether oxygens (including phenoxy) is 6. The Bertz CT molecular complexity index is 1320. The summed E-state index contributed by atoms with van der Waals surface area (Å²) < 4.78 is 29.1. The fraction of sp³-hybridized carbons (Fsp3) is 0.200. The molecule has 0 aliphatic heterocycles. The van der Waals surface area contributed by atoms with Crippen molar-refractivity contribution in [2.45, 2.75) is 0 Å². The van der Waals surface area contributed by atoms with Crippen molar-refractivity contribution in [2.75, 3.05) is 47.6 Å². The predicted octanol–water partition coefficient (Wildman–Crippen LogP) is 3.88. The first kappa shape index (κ1) is 31.8. The number of hydrogen-bond donors (Lipinski definition) is 0. The molecule has 0 aliphatic rings. The second-order valence-corrected chi connectivity index (χ2v) is 8.59. The number of anilines is 3.